The fourth-order valence-electron chi connectivity index (χ4n) is 4.89. The molecule has 206 valence electrons. The molecule has 8 nitrogen and oxygen atoms in total. The number of carbonyl (C=O) groups excluding carboxylic acids is 1. The normalized spacial score (nSPS) is 15.7. The summed E-state index contributed by atoms with van der Waals surface area (Å²) in [5, 5.41) is 3.69. The molecule has 1 aliphatic heterocycles. The average Bonchev–Trinajstić information content (AvgIpc) is 3.29. The lowest BCUT2D eigenvalue weighted by Gasteiger charge is -2.31. The Kier molecular flexibility index (Phi) is 7.76. The van der Waals surface area contributed by atoms with Gasteiger partial charge in [0.05, 0.1) is 16.0 Å². The van der Waals surface area contributed by atoms with Crippen molar-refractivity contribution in [1.82, 2.24) is 18.8 Å². The highest BCUT2D eigenvalue weighted by Gasteiger charge is 2.41. The standard InChI is InChI=1S/C26H32F3N5O3S/c1-5-32(6-2)25(35)23-22-17-19(13-16-34(22)30-24(23)26(27,28)29)18-11-14-33(15-12-18)38(36,37)21-9-7-20(8-10-21)31(3)4/h7-10,13,16-18H,5-6,11-12,14-15H2,1-4H3. The van der Waals surface area contributed by atoms with Gasteiger partial charge in [-0.05, 0) is 74.6 Å². The lowest BCUT2D eigenvalue weighted by Crippen LogP contribution is -2.37. The average molecular weight is 552 g/mol. The molecule has 3 heterocycles. The van der Waals surface area contributed by atoms with E-state index in [1.165, 1.54) is 15.4 Å². The Labute approximate surface area is 220 Å². The first-order chi connectivity index (χ1) is 17.9. The number of nitrogens with zero attached hydrogens (tertiary/aromatic N) is 5. The van der Waals surface area contributed by atoms with Crippen LogP contribution in [0.5, 0.6) is 0 Å². The van der Waals surface area contributed by atoms with Crippen molar-refractivity contribution in [1.29, 1.82) is 0 Å². The predicted molar refractivity (Wildman–Crippen MR) is 139 cm³/mol. The monoisotopic (exact) mass is 551 g/mol. The molecule has 1 aromatic carbocycles. The summed E-state index contributed by atoms with van der Waals surface area (Å²) < 4.78 is 70.4. The first-order valence-electron chi connectivity index (χ1n) is 12.5. The smallest absolute Gasteiger partial charge is 0.378 e. The topological polar surface area (TPSA) is 78.2 Å². The van der Waals surface area contributed by atoms with Crippen LogP contribution in [0.4, 0.5) is 18.9 Å². The van der Waals surface area contributed by atoms with Crippen molar-refractivity contribution in [2.75, 3.05) is 45.2 Å². The summed E-state index contributed by atoms with van der Waals surface area (Å²) in [6.07, 6.45) is -2.33. The zero-order valence-corrected chi connectivity index (χ0v) is 22.7. The van der Waals surface area contributed by atoms with Crippen LogP contribution in [-0.2, 0) is 16.2 Å². The fourth-order valence-corrected chi connectivity index (χ4v) is 6.36. The van der Waals surface area contributed by atoms with Crippen molar-refractivity contribution >= 4 is 27.1 Å². The van der Waals surface area contributed by atoms with Gasteiger partial charge in [-0.1, -0.05) is 0 Å². The number of sulfonamides is 1. The number of halogens is 3. The second-order valence-electron chi connectivity index (χ2n) is 9.56. The highest BCUT2D eigenvalue weighted by atomic mass is 32.2. The molecular formula is C26H32F3N5O3S. The second kappa shape index (κ2) is 10.6. The van der Waals surface area contributed by atoms with Crippen molar-refractivity contribution in [2.45, 2.75) is 43.7 Å². The maximum absolute atomic E-state index is 13.8. The van der Waals surface area contributed by atoms with Crippen LogP contribution in [0, 0.1) is 0 Å². The van der Waals surface area contributed by atoms with E-state index in [0.29, 0.717) is 12.8 Å². The quantitative estimate of drug-likeness (QED) is 0.433. The van der Waals surface area contributed by atoms with Crippen molar-refractivity contribution < 1.29 is 26.4 Å². The Bertz CT molecular complexity index is 1410. The number of piperidine rings is 1. The maximum Gasteiger partial charge on any atom is 0.436 e. The predicted octanol–water partition coefficient (Wildman–Crippen LogP) is 4.47. The van der Waals surface area contributed by atoms with Crippen LogP contribution in [0.2, 0.25) is 0 Å². The number of carbonyl (C=O) groups is 1. The Morgan fingerprint density at radius 1 is 1.05 bits per heavy atom. The van der Waals surface area contributed by atoms with Crippen LogP contribution < -0.4 is 4.90 Å². The highest BCUT2D eigenvalue weighted by Crippen LogP contribution is 2.36. The number of anilines is 1. The Morgan fingerprint density at radius 2 is 1.66 bits per heavy atom. The molecule has 0 saturated carbocycles. The molecule has 0 atom stereocenters. The first kappa shape index (κ1) is 27.9. The number of alkyl halides is 3. The van der Waals surface area contributed by atoms with E-state index >= 15 is 0 Å². The molecule has 38 heavy (non-hydrogen) atoms. The number of hydrogen-bond donors (Lipinski definition) is 0. The van der Waals surface area contributed by atoms with Crippen molar-refractivity contribution in [2.24, 2.45) is 0 Å². The van der Waals surface area contributed by atoms with Gasteiger partial charge in [-0.3, -0.25) is 4.79 Å². The Morgan fingerprint density at radius 3 is 2.18 bits per heavy atom. The summed E-state index contributed by atoms with van der Waals surface area (Å²) >= 11 is 0. The highest BCUT2D eigenvalue weighted by molar-refractivity contribution is 7.89. The molecule has 0 aliphatic carbocycles. The summed E-state index contributed by atoms with van der Waals surface area (Å²) in [4.78, 5) is 16.5. The first-order valence-corrected chi connectivity index (χ1v) is 14.0. The van der Waals surface area contributed by atoms with Gasteiger partial charge in [0.2, 0.25) is 10.0 Å². The van der Waals surface area contributed by atoms with E-state index in [1.54, 1.807) is 50.2 Å². The van der Waals surface area contributed by atoms with Crippen molar-refractivity contribution in [3.8, 4) is 0 Å². The number of fused-ring (bicyclic) bond motifs is 1. The van der Waals surface area contributed by atoms with E-state index in [0.717, 1.165) is 15.8 Å². The van der Waals surface area contributed by atoms with E-state index in [-0.39, 0.29) is 42.5 Å². The van der Waals surface area contributed by atoms with Crippen LogP contribution in [0.25, 0.3) is 5.52 Å². The number of benzene rings is 1. The van der Waals surface area contributed by atoms with Gasteiger partial charge >= 0.3 is 6.18 Å². The molecule has 4 rings (SSSR count). The van der Waals surface area contributed by atoms with Crippen LogP contribution in [0.15, 0.2) is 47.5 Å². The Balaban J connectivity index is 1.60. The summed E-state index contributed by atoms with van der Waals surface area (Å²) in [5.74, 6) is -0.779. The van der Waals surface area contributed by atoms with Gasteiger partial charge in [0.1, 0.15) is 0 Å². The van der Waals surface area contributed by atoms with Gasteiger partial charge in [0.15, 0.2) is 5.69 Å². The zero-order valence-electron chi connectivity index (χ0n) is 21.9. The molecule has 12 heteroatoms. The molecule has 0 spiro atoms. The molecule has 1 saturated heterocycles. The molecular weight excluding hydrogens is 519 g/mol. The van der Waals surface area contributed by atoms with Gasteiger partial charge in [0.25, 0.3) is 5.91 Å². The number of rotatable bonds is 7. The number of aromatic nitrogens is 2. The van der Waals surface area contributed by atoms with E-state index in [4.69, 9.17) is 0 Å². The van der Waals surface area contributed by atoms with E-state index in [2.05, 4.69) is 5.10 Å². The van der Waals surface area contributed by atoms with Gasteiger partial charge in [0, 0.05) is 52.2 Å². The molecule has 3 aromatic rings. The minimum absolute atomic E-state index is 0.0665. The number of amides is 1. The van der Waals surface area contributed by atoms with Crippen molar-refractivity contribution in [3.05, 3.63) is 59.4 Å². The minimum Gasteiger partial charge on any atom is -0.378 e. The largest absolute Gasteiger partial charge is 0.436 e. The third kappa shape index (κ3) is 5.24. The van der Waals surface area contributed by atoms with Crippen LogP contribution in [0.1, 0.15) is 54.2 Å². The molecule has 0 unspecified atom stereocenters. The van der Waals surface area contributed by atoms with Crippen LogP contribution in [-0.4, -0.2) is 73.4 Å². The van der Waals surface area contributed by atoms with E-state index in [9.17, 15) is 26.4 Å². The summed E-state index contributed by atoms with van der Waals surface area (Å²) in [5.41, 5.74) is 0.0947. The third-order valence-corrected chi connectivity index (χ3v) is 9.02. The molecule has 0 bridgehead atoms. The number of hydrogen-bond acceptors (Lipinski definition) is 5. The minimum atomic E-state index is -4.78. The lowest BCUT2D eigenvalue weighted by molar-refractivity contribution is -0.141. The number of pyridine rings is 1. The van der Waals surface area contributed by atoms with E-state index in [1.807, 2.05) is 19.0 Å². The molecule has 1 fully saturated rings. The van der Waals surface area contributed by atoms with E-state index < -0.39 is 33.4 Å². The SMILES string of the molecule is CCN(CC)C(=O)c1c(C(F)(F)F)nn2ccc(C3CCN(S(=O)(=O)c4ccc(N(C)C)cc4)CC3)cc12. The third-order valence-electron chi connectivity index (χ3n) is 7.11. The lowest BCUT2D eigenvalue weighted by atomic mass is 9.90. The summed E-state index contributed by atoms with van der Waals surface area (Å²) in [6, 6.07) is 9.99. The maximum atomic E-state index is 13.8. The van der Waals surface area contributed by atoms with Gasteiger partial charge in [-0.25, -0.2) is 12.9 Å². The molecule has 0 N–H and O–H groups in total. The molecule has 2 aromatic heterocycles. The second-order valence-corrected chi connectivity index (χ2v) is 11.5. The summed E-state index contributed by atoms with van der Waals surface area (Å²) in [6.45, 7) is 4.54. The van der Waals surface area contributed by atoms with Gasteiger partial charge in [-0.2, -0.15) is 22.6 Å². The van der Waals surface area contributed by atoms with Crippen LogP contribution in [0.3, 0.4) is 0 Å². The van der Waals surface area contributed by atoms with Gasteiger partial charge in [-0.15, -0.1) is 0 Å². The molecule has 0 radical (unpaired) electrons. The molecule has 1 aliphatic rings. The fraction of sp³-hybridized carbons (Fsp3) is 0.462. The van der Waals surface area contributed by atoms with Crippen LogP contribution >= 0.6 is 0 Å². The Hall–Kier alpha value is -3.12. The van der Waals surface area contributed by atoms with Gasteiger partial charge < -0.3 is 9.80 Å². The van der Waals surface area contributed by atoms with Crippen molar-refractivity contribution in [3.63, 3.8) is 0 Å². The summed E-state index contributed by atoms with van der Waals surface area (Å²) in [7, 11) is 0.0884. The molecule has 1 amide bonds. The zero-order chi connectivity index (χ0) is 27.8.